The van der Waals surface area contributed by atoms with Crippen LogP contribution in [-0.2, 0) is 12.0 Å². The second kappa shape index (κ2) is 7.61. The molecule has 1 heterocycles. The highest BCUT2D eigenvalue weighted by atomic mass is 16.5. The monoisotopic (exact) mass is 365 g/mol. The van der Waals surface area contributed by atoms with Crippen LogP contribution in [0.1, 0.15) is 42.6 Å². The predicted octanol–water partition coefficient (Wildman–Crippen LogP) is 3.97. The van der Waals surface area contributed by atoms with Gasteiger partial charge in [0.25, 0.3) is 5.91 Å². The third kappa shape index (κ3) is 4.53. The van der Waals surface area contributed by atoms with E-state index in [1.54, 1.807) is 7.11 Å². The van der Waals surface area contributed by atoms with Crippen LogP contribution in [0.25, 0.3) is 11.5 Å². The Morgan fingerprint density at radius 1 is 1.11 bits per heavy atom. The molecule has 0 atom stereocenters. The molecule has 3 aromatic rings. The zero-order valence-electron chi connectivity index (χ0n) is 15.9. The standard InChI is InChI=1S/C21H23N3O3/c1-21(2,3)16-10-8-14(9-11-16)19(25)22-13-18-23-24-20(27-18)15-6-5-7-17(12-15)26-4/h5-12H,13H2,1-4H3,(H,22,25). The number of aromatic nitrogens is 2. The van der Waals surface area contributed by atoms with Crippen molar-refractivity contribution < 1.29 is 13.9 Å². The van der Waals surface area contributed by atoms with Gasteiger partial charge in [-0.3, -0.25) is 4.79 Å². The topological polar surface area (TPSA) is 77.3 Å². The maximum Gasteiger partial charge on any atom is 0.251 e. The van der Waals surface area contributed by atoms with Gasteiger partial charge in [0.15, 0.2) is 0 Å². The van der Waals surface area contributed by atoms with Gasteiger partial charge in [-0.2, -0.15) is 0 Å². The largest absolute Gasteiger partial charge is 0.497 e. The minimum absolute atomic E-state index is 0.0509. The number of benzene rings is 2. The third-order valence-corrected chi connectivity index (χ3v) is 4.20. The summed E-state index contributed by atoms with van der Waals surface area (Å²) >= 11 is 0. The van der Waals surface area contributed by atoms with Crippen LogP contribution < -0.4 is 10.1 Å². The van der Waals surface area contributed by atoms with Crippen molar-refractivity contribution in [2.75, 3.05) is 7.11 Å². The van der Waals surface area contributed by atoms with Crippen LogP contribution in [0.4, 0.5) is 0 Å². The summed E-state index contributed by atoms with van der Waals surface area (Å²) in [6.07, 6.45) is 0. The molecule has 140 valence electrons. The molecule has 0 saturated heterocycles. The van der Waals surface area contributed by atoms with Crippen molar-refractivity contribution in [1.82, 2.24) is 15.5 Å². The number of amides is 1. The lowest BCUT2D eigenvalue weighted by atomic mass is 9.87. The Balaban J connectivity index is 1.63. The minimum atomic E-state index is -0.184. The van der Waals surface area contributed by atoms with E-state index in [0.717, 1.165) is 5.56 Å². The molecule has 0 aliphatic rings. The van der Waals surface area contributed by atoms with Crippen LogP contribution >= 0.6 is 0 Å². The molecule has 27 heavy (non-hydrogen) atoms. The van der Waals surface area contributed by atoms with Gasteiger partial charge in [-0.1, -0.05) is 39.0 Å². The number of hydrogen-bond acceptors (Lipinski definition) is 5. The molecule has 0 radical (unpaired) electrons. The van der Waals surface area contributed by atoms with Gasteiger partial charge in [-0.15, -0.1) is 10.2 Å². The SMILES string of the molecule is COc1cccc(-c2nnc(CNC(=O)c3ccc(C(C)(C)C)cc3)o2)c1. The zero-order chi connectivity index (χ0) is 19.4. The fourth-order valence-corrected chi connectivity index (χ4v) is 2.58. The normalized spacial score (nSPS) is 11.3. The molecular weight excluding hydrogens is 342 g/mol. The molecular formula is C21H23N3O3. The lowest BCUT2D eigenvalue weighted by molar-refractivity contribution is 0.0947. The van der Waals surface area contributed by atoms with Crippen molar-refractivity contribution in [2.45, 2.75) is 32.7 Å². The molecule has 1 aromatic heterocycles. The summed E-state index contributed by atoms with van der Waals surface area (Å²) in [5.41, 5.74) is 2.58. The van der Waals surface area contributed by atoms with Gasteiger partial charge in [0.2, 0.25) is 11.8 Å². The Hall–Kier alpha value is -3.15. The van der Waals surface area contributed by atoms with Crippen LogP contribution in [0.2, 0.25) is 0 Å². The predicted molar refractivity (Wildman–Crippen MR) is 103 cm³/mol. The first-order chi connectivity index (χ1) is 12.9. The lowest BCUT2D eigenvalue weighted by Gasteiger charge is -2.18. The summed E-state index contributed by atoms with van der Waals surface area (Å²) in [5.74, 6) is 1.25. The van der Waals surface area contributed by atoms with Crippen molar-refractivity contribution in [3.05, 3.63) is 65.5 Å². The molecule has 0 aliphatic heterocycles. The zero-order valence-corrected chi connectivity index (χ0v) is 15.9. The molecule has 6 heteroatoms. The van der Waals surface area contributed by atoms with E-state index in [1.165, 1.54) is 5.56 Å². The lowest BCUT2D eigenvalue weighted by Crippen LogP contribution is -2.23. The molecule has 1 amide bonds. The highest BCUT2D eigenvalue weighted by molar-refractivity contribution is 5.94. The fraction of sp³-hybridized carbons (Fsp3) is 0.286. The highest BCUT2D eigenvalue weighted by Crippen LogP contribution is 2.23. The summed E-state index contributed by atoms with van der Waals surface area (Å²) in [6, 6.07) is 15.0. The second-order valence-corrected chi connectivity index (χ2v) is 7.24. The summed E-state index contributed by atoms with van der Waals surface area (Å²) in [4.78, 5) is 12.3. The summed E-state index contributed by atoms with van der Waals surface area (Å²) in [5, 5.41) is 10.8. The maximum absolute atomic E-state index is 12.3. The van der Waals surface area contributed by atoms with Gasteiger partial charge in [0.05, 0.1) is 13.7 Å². The van der Waals surface area contributed by atoms with E-state index in [1.807, 2.05) is 48.5 Å². The summed E-state index contributed by atoms with van der Waals surface area (Å²) in [7, 11) is 1.60. The Bertz CT molecular complexity index is 924. The number of nitrogens with one attached hydrogen (secondary N) is 1. The van der Waals surface area contributed by atoms with E-state index < -0.39 is 0 Å². The van der Waals surface area contributed by atoms with Crippen molar-refractivity contribution in [3.63, 3.8) is 0 Å². The first-order valence-corrected chi connectivity index (χ1v) is 8.72. The first kappa shape index (κ1) is 18.6. The van der Waals surface area contributed by atoms with Crippen LogP contribution in [-0.4, -0.2) is 23.2 Å². The van der Waals surface area contributed by atoms with Crippen molar-refractivity contribution >= 4 is 5.91 Å². The molecule has 0 unspecified atom stereocenters. The Labute approximate surface area is 158 Å². The highest BCUT2D eigenvalue weighted by Gasteiger charge is 2.15. The molecule has 1 N–H and O–H groups in total. The molecule has 0 bridgehead atoms. The summed E-state index contributed by atoms with van der Waals surface area (Å²) < 4.78 is 10.8. The van der Waals surface area contributed by atoms with Gasteiger partial charge in [-0.25, -0.2) is 0 Å². The van der Waals surface area contributed by atoms with Crippen molar-refractivity contribution in [1.29, 1.82) is 0 Å². The van der Waals surface area contributed by atoms with E-state index >= 15 is 0 Å². The molecule has 0 aliphatic carbocycles. The number of nitrogens with zero attached hydrogens (tertiary/aromatic N) is 2. The van der Waals surface area contributed by atoms with Crippen LogP contribution in [0.5, 0.6) is 5.75 Å². The molecule has 0 saturated carbocycles. The average Bonchev–Trinajstić information content (AvgIpc) is 3.14. The summed E-state index contributed by atoms with van der Waals surface area (Å²) in [6.45, 7) is 6.57. The smallest absolute Gasteiger partial charge is 0.251 e. The molecule has 3 rings (SSSR count). The first-order valence-electron chi connectivity index (χ1n) is 8.72. The van der Waals surface area contributed by atoms with Crippen molar-refractivity contribution in [3.8, 4) is 17.2 Å². The molecule has 6 nitrogen and oxygen atoms in total. The van der Waals surface area contributed by atoms with Crippen molar-refractivity contribution in [2.24, 2.45) is 0 Å². The Kier molecular flexibility index (Phi) is 5.26. The Morgan fingerprint density at radius 2 is 1.85 bits per heavy atom. The van der Waals surface area contributed by atoms with E-state index in [-0.39, 0.29) is 17.9 Å². The van der Waals surface area contributed by atoms with Gasteiger partial charge >= 0.3 is 0 Å². The van der Waals surface area contributed by atoms with E-state index in [4.69, 9.17) is 9.15 Å². The molecule has 0 fully saturated rings. The number of carbonyl (C=O) groups is 1. The minimum Gasteiger partial charge on any atom is -0.497 e. The number of rotatable bonds is 5. The van der Waals surface area contributed by atoms with E-state index in [9.17, 15) is 4.79 Å². The second-order valence-electron chi connectivity index (χ2n) is 7.24. The van der Waals surface area contributed by atoms with Crippen LogP contribution in [0.3, 0.4) is 0 Å². The molecule has 0 spiro atoms. The maximum atomic E-state index is 12.3. The molecule has 2 aromatic carbocycles. The fourth-order valence-electron chi connectivity index (χ4n) is 2.58. The van der Waals surface area contributed by atoms with Gasteiger partial charge < -0.3 is 14.5 Å². The number of methoxy groups -OCH3 is 1. The van der Waals surface area contributed by atoms with E-state index in [0.29, 0.717) is 23.1 Å². The third-order valence-electron chi connectivity index (χ3n) is 4.20. The van der Waals surface area contributed by atoms with Gasteiger partial charge in [-0.05, 0) is 41.3 Å². The number of hydrogen-bond donors (Lipinski definition) is 1. The average molecular weight is 365 g/mol. The number of ether oxygens (including phenoxy) is 1. The quantitative estimate of drug-likeness (QED) is 0.740. The number of carbonyl (C=O) groups excluding carboxylic acids is 1. The van der Waals surface area contributed by atoms with Gasteiger partial charge in [0.1, 0.15) is 5.75 Å². The van der Waals surface area contributed by atoms with Gasteiger partial charge in [0, 0.05) is 11.1 Å². The van der Waals surface area contributed by atoms with Crippen LogP contribution in [0.15, 0.2) is 52.9 Å². The van der Waals surface area contributed by atoms with Crippen LogP contribution in [0, 0.1) is 0 Å². The Morgan fingerprint density at radius 3 is 2.52 bits per heavy atom. The van der Waals surface area contributed by atoms with E-state index in [2.05, 4.69) is 36.3 Å².